The largest absolute Gasteiger partial charge is 0.429 e. The molecule has 0 heterocycles. The summed E-state index contributed by atoms with van der Waals surface area (Å²) in [5.74, 6) is 6.77. The van der Waals surface area contributed by atoms with E-state index < -0.39 is 29.8 Å². The molecule has 186 valence electrons. The average Bonchev–Trinajstić information content (AvgIpc) is 2.88. The van der Waals surface area contributed by atoms with E-state index in [1.165, 1.54) is 11.6 Å². The van der Waals surface area contributed by atoms with Crippen molar-refractivity contribution in [2.45, 2.75) is 32.8 Å². The Morgan fingerprint density at radius 2 is 1.38 bits per heavy atom. The molecule has 0 spiro atoms. The van der Waals surface area contributed by atoms with Gasteiger partial charge in [-0.15, -0.1) is 0 Å². The molecule has 0 saturated heterocycles. The van der Waals surface area contributed by atoms with Gasteiger partial charge in [-0.05, 0) is 66.3 Å². The van der Waals surface area contributed by atoms with Crippen LogP contribution in [0, 0.1) is 41.1 Å². The first-order valence-electron chi connectivity index (χ1n) is 11.6. The summed E-state index contributed by atoms with van der Waals surface area (Å²) in [6.07, 6.45) is 3.34. The first-order chi connectivity index (χ1) is 17.8. The molecule has 4 rings (SSSR count). The summed E-state index contributed by atoms with van der Waals surface area (Å²) >= 11 is 0. The molecule has 37 heavy (non-hydrogen) atoms. The minimum atomic E-state index is -3.37. The molecular formula is C31H21F5O. The van der Waals surface area contributed by atoms with E-state index in [2.05, 4.69) is 47.5 Å². The molecule has 1 nitrogen and oxygen atoms in total. The number of alkyl halides is 2. The summed E-state index contributed by atoms with van der Waals surface area (Å²) in [5, 5.41) is 0.936. The monoisotopic (exact) mass is 504 g/mol. The number of halogens is 5. The van der Waals surface area contributed by atoms with Crippen LogP contribution in [0.2, 0.25) is 0 Å². The minimum Gasteiger partial charge on any atom is -0.429 e. The summed E-state index contributed by atoms with van der Waals surface area (Å²) < 4.78 is 71.3. The molecule has 0 saturated carbocycles. The first-order valence-corrected chi connectivity index (χ1v) is 11.6. The summed E-state index contributed by atoms with van der Waals surface area (Å²) in [6.45, 7) is -1.21. The van der Waals surface area contributed by atoms with E-state index in [-0.39, 0.29) is 11.1 Å². The van der Waals surface area contributed by atoms with Crippen molar-refractivity contribution in [3.8, 4) is 29.4 Å². The number of hydrogen-bond acceptors (Lipinski definition) is 1. The molecule has 0 aromatic heterocycles. The summed E-state index contributed by atoms with van der Waals surface area (Å²) in [6, 6.07) is 17.8. The number of benzene rings is 4. The Morgan fingerprint density at radius 3 is 2.05 bits per heavy atom. The Kier molecular flexibility index (Phi) is 8.11. The highest BCUT2D eigenvalue weighted by Crippen LogP contribution is 2.25. The number of rotatable bonds is 5. The normalized spacial score (nSPS) is 10.6. The Hall–Kier alpha value is -4.29. The molecule has 4 aromatic rings. The Labute approximate surface area is 211 Å². The Balaban J connectivity index is 1.55. The second-order valence-electron chi connectivity index (χ2n) is 8.31. The number of ether oxygens (including phenoxy) is 1. The molecule has 0 radical (unpaired) electrons. The zero-order valence-electron chi connectivity index (χ0n) is 19.8. The van der Waals surface area contributed by atoms with Gasteiger partial charge in [-0.3, -0.25) is 0 Å². The third-order valence-corrected chi connectivity index (χ3v) is 5.62. The lowest BCUT2D eigenvalue weighted by molar-refractivity contribution is -0.0546. The van der Waals surface area contributed by atoms with Gasteiger partial charge in [0.2, 0.25) is 0 Å². The molecule has 0 atom stereocenters. The van der Waals surface area contributed by atoms with Crippen LogP contribution in [0.5, 0.6) is 5.75 Å². The van der Waals surface area contributed by atoms with E-state index in [0.717, 1.165) is 42.5 Å². The van der Waals surface area contributed by atoms with Crippen molar-refractivity contribution < 1.29 is 26.7 Å². The van der Waals surface area contributed by atoms with Crippen molar-refractivity contribution in [1.82, 2.24) is 0 Å². The fourth-order valence-corrected chi connectivity index (χ4v) is 3.72. The molecule has 0 unspecified atom stereocenters. The topological polar surface area (TPSA) is 9.23 Å². The van der Waals surface area contributed by atoms with Crippen LogP contribution < -0.4 is 4.74 Å². The van der Waals surface area contributed by atoms with Gasteiger partial charge in [0.05, 0.1) is 5.56 Å². The molecule has 0 fully saturated rings. The summed E-state index contributed by atoms with van der Waals surface area (Å²) in [5.41, 5.74) is 2.75. The summed E-state index contributed by atoms with van der Waals surface area (Å²) in [4.78, 5) is 0. The number of unbranched alkanes of at least 4 members (excludes halogenated alkanes) is 1. The first kappa shape index (κ1) is 25.8. The lowest BCUT2D eigenvalue weighted by Gasteiger charge is -2.07. The van der Waals surface area contributed by atoms with Gasteiger partial charge in [0.1, 0.15) is 5.82 Å². The van der Waals surface area contributed by atoms with Crippen LogP contribution in [0.1, 0.15) is 47.6 Å². The minimum absolute atomic E-state index is 0.0169. The van der Waals surface area contributed by atoms with Crippen molar-refractivity contribution in [2.75, 3.05) is 0 Å². The van der Waals surface area contributed by atoms with Crippen LogP contribution in [0.4, 0.5) is 22.0 Å². The average molecular weight is 504 g/mol. The quantitative estimate of drug-likeness (QED) is 0.198. The molecule has 6 heteroatoms. The van der Waals surface area contributed by atoms with Gasteiger partial charge in [0, 0.05) is 22.1 Å². The second kappa shape index (κ2) is 11.6. The number of fused-ring (bicyclic) bond motifs is 1. The maximum Gasteiger partial charge on any atom is 0.387 e. The zero-order valence-corrected chi connectivity index (χ0v) is 19.8. The van der Waals surface area contributed by atoms with Crippen LogP contribution >= 0.6 is 0 Å². The smallest absolute Gasteiger partial charge is 0.387 e. The molecule has 0 N–H and O–H groups in total. The van der Waals surface area contributed by atoms with Crippen LogP contribution in [0.15, 0.2) is 66.7 Å². The van der Waals surface area contributed by atoms with Crippen LogP contribution in [0.25, 0.3) is 10.8 Å². The number of hydrogen-bond donors (Lipinski definition) is 0. The fourth-order valence-electron chi connectivity index (χ4n) is 3.72. The molecule has 0 aliphatic rings. The van der Waals surface area contributed by atoms with E-state index in [1.54, 1.807) is 24.3 Å². The van der Waals surface area contributed by atoms with Gasteiger partial charge in [-0.1, -0.05) is 61.3 Å². The highest BCUT2D eigenvalue weighted by Gasteiger charge is 2.16. The molecule has 0 aliphatic heterocycles. The van der Waals surface area contributed by atoms with Crippen molar-refractivity contribution in [3.05, 3.63) is 112 Å². The predicted molar refractivity (Wildman–Crippen MR) is 134 cm³/mol. The van der Waals surface area contributed by atoms with Gasteiger partial charge < -0.3 is 4.74 Å². The molecule has 0 bridgehead atoms. The third-order valence-electron chi connectivity index (χ3n) is 5.62. The van der Waals surface area contributed by atoms with Gasteiger partial charge in [-0.2, -0.15) is 8.78 Å². The van der Waals surface area contributed by atoms with Gasteiger partial charge in [-0.25, -0.2) is 13.2 Å². The van der Waals surface area contributed by atoms with Gasteiger partial charge in [0.25, 0.3) is 0 Å². The standard InChI is InChI=1S/C31H21F5O/c1-2-3-4-20-5-7-21(8-6-20)9-10-22-12-16-26-25(17-22)15-14-24(29(26)34)13-11-23-18-27(32)30(28(33)19-23)37-31(35)36/h5-8,12,14-19,31H,2-4H2,1H3. The maximum atomic E-state index is 15.1. The van der Waals surface area contributed by atoms with Crippen molar-refractivity contribution >= 4 is 10.8 Å². The Bertz CT molecular complexity index is 1530. The van der Waals surface area contributed by atoms with E-state index in [4.69, 9.17) is 0 Å². The van der Waals surface area contributed by atoms with Gasteiger partial charge >= 0.3 is 6.61 Å². The van der Waals surface area contributed by atoms with Crippen molar-refractivity contribution in [3.63, 3.8) is 0 Å². The lowest BCUT2D eigenvalue weighted by atomic mass is 10.0. The lowest BCUT2D eigenvalue weighted by Crippen LogP contribution is -2.06. The van der Waals surface area contributed by atoms with E-state index in [1.807, 2.05) is 12.1 Å². The molecule has 4 aromatic carbocycles. The SMILES string of the molecule is CCCCc1ccc(C#Cc2ccc3c(F)c(C#Cc4cc(F)c(OC(F)F)c(F)c4)ccc3c2)cc1. The van der Waals surface area contributed by atoms with Crippen LogP contribution in [-0.2, 0) is 6.42 Å². The zero-order chi connectivity index (χ0) is 26.4. The molecular weight excluding hydrogens is 483 g/mol. The van der Waals surface area contributed by atoms with E-state index in [0.29, 0.717) is 10.8 Å². The van der Waals surface area contributed by atoms with E-state index in [9.17, 15) is 17.6 Å². The van der Waals surface area contributed by atoms with Crippen LogP contribution in [-0.4, -0.2) is 6.61 Å². The number of aryl methyl sites for hydroxylation is 1. The molecule has 0 amide bonds. The fraction of sp³-hybridized carbons (Fsp3) is 0.161. The van der Waals surface area contributed by atoms with Crippen molar-refractivity contribution in [2.24, 2.45) is 0 Å². The molecule has 0 aliphatic carbocycles. The second-order valence-corrected chi connectivity index (χ2v) is 8.31. The van der Waals surface area contributed by atoms with Crippen LogP contribution in [0.3, 0.4) is 0 Å². The summed E-state index contributed by atoms with van der Waals surface area (Å²) in [7, 11) is 0. The highest BCUT2D eigenvalue weighted by atomic mass is 19.3. The third kappa shape index (κ3) is 6.48. The van der Waals surface area contributed by atoms with Crippen molar-refractivity contribution in [1.29, 1.82) is 0 Å². The van der Waals surface area contributed by atoms with Gasteiger partial charge in [0.15, 0.2) is 17.4 Å². The predicted octanol–water partition coefficient (Wildman–Crippen LogP) is 8.00. The Morgan fingerprint density at radius 1 is 0.730 bits per heavy atom. The van der Waals surface area contributed by atoms with E-state index >= 15 is 4.39 Å². The highest BCUT2D eigenvalue weighted by molar-refractivity contribution is 5.86. The maximum absolute atomic E-state index is 15.1.